The minimum atomic E-state index is -0.529. The number of likely N-dealkylation sites (tertiary alicyclic amines) is 1. The molecule has 0 N–H and O–H groups in total. The van der Waals surface area contributed by atoms with E-state index in [-0.39, 0.29) is 12.1 Å². The number of hydrogen-bond donors (Lipinski definition) is 0. The van der Waals surface area contributed by atoms with E-state index in [9.17, 15) is 4.79 Å². The Balaban J connectivity index is 1.41. The van der Waals surface area contributed by atoms with E-state index < -0.39 is 5.60 Å². The third-order valence-corrected chi connectivity index (χ3v) is 5.87. The number of ether oxygens (including phenoxy) is 2. The Hall–Kier alpha value is -3.94. The zero-order valence-corrected chi connectivity index (χ0v) is 20.2. The molecule has 35 heavy (non-hydrogen) atoms. The van der Waals surface area contributed by atoms with Gasteiger partial charge in [-0.15, -0.1) is 0 Å². The molecule has 1 atom stereocenters. The van der Waals surface area contributed by atoms with Gasteiger partial charge in [-0.25, -0.2) is 19.4 Å². The molecule has 0 spiro atoms. The Morgan fingerprint density at radius 1 is 1.03 bits per heavy atom. The molecule has 0 saturated carbocycles. The van der Waals surface area contributed by atoms with Crippen molar-refractivity contribution in [2.75, 3.05) is 13.1 Å². The van der Waals surface area contributed by atoms with Crippen molar-refractivity contribution in [2.24, 2.45) is 0 Å². The first kappa shape index (κ1) is 22.8. The molecule has 1 aliphatic rings. The zero-order valence-electron chi connectivity index (χ0n) is 20.2. The number of piperidine rings is 1. The Labute approximate surface area is 204 Å². The first-order valence-electron chi connectivity index (χ1n) is 11.9. The molecule has 0 unspecified atom stereocenters. The van der Waals surface area contributed by atoms with Gasteiger partial charge in [0.2, 0.25) is 0 Å². The van der Waals surface area contributed by atoms with Crippen molar-refractivity contribution in [3.63, 3.8) is 0 Å². The molecule has 2 aromatic carbocycles. The van der Waals surface area contributed by atoms with Crippen LogP contribution in [0.3, 0.4) is 0 Å². The molecule has 2 aromatic heterocycles. The highest BCUT2D eigenvalue weighted by atomic mass is 16.6. The lowest BCUT2D eigenvalue weighted by molar-refractivity contribution is 0.0169. The summed E-state index contributed by atoms with van der Waals surface area (Å²) in [6.45, 7) is 6.85. The maximum Gasteiger partial charge on any atom is 0.410 e. The average molecular weight is 472 g/mol. The summed E-state index contributed by atoms with van der Waals surface area (Å²) in [5.74, 6) is 1.54. The van der Waals surface area contributed by atoms with Crippen LogP contribution < -0.4 is 4.74 Å². The van der Waals surface area contributed by atoms with Crippen molar-refractivity contribution >= 4 is 17.1 Å². The molecule has 5 rings (SSSR count). The van der Waals surface area contributed by atoms with Crippen LogP contribution in [-0.2, 0) is 4.74 Å². The van der Waals surface area contributed by atoms with Crippen LogP contribution in [0.25, 0.3) is 22.3 Å². The average Bonchev–Trinajstić information content (AvgIpc) is 3.24. The molecule has 8 nitrogen and oxygen atoms in total. The summed E-state index contributed by atoms with van der Waals surface area (Å²) in [5, 5.41) is 5.83. The number of rotatable bonds is 4. The predicted octanol–water partition coefficient (Wildman–Crippen LogP) is 5.86. The summed E-state index contributed by atoms with van der Waals surface area (Å²) in [6, 6.07) is 17.5. The van der Waals surface area contributed by atoms with Gasteiger partial charge in [0.1, 0.15) is 29.1 Å². The van der Waals surface area contributed by atoms with Gasteiger partial charge in [0.15, 0.2) is 5.65 Å². The largest absolute Gasteiger partial charge is 0.457 e. The second kappa shape index (κ2) is 9.37. The van der Waals surface area contributed by atoms with Crippen LogP contribution >= 0.6 is 0 Å². The molecular weight excluding hydrogens is 442 g/mol. The van der Waals surface area contributed by atoms with Gasteiger partial charge in [0.05, 0.1) is 11.4 Å². The van der Waals surface area contributed by atoms with Crippen molar-refractivity contribution in [1.82, 2.24) is 24.6 Å². The number of benzene rings is 2. The fraction of sp³-hybridized carbons (Fsp3) is 0.333. The van der Waals surface area contributed by atoms with E-state index in [4.69, 9.17) is 14.6 Å². The third kappa shape index (κ3) is 5.11. The standard InChI is InChI=1S/C27H29N5O3/c1-27(2,3)35-26(33)31-15-7-8-20(17-31)32-25-23(16-28-18-29-25)24(30-32)19-11-13-22(14-12-19)34-21-9-5-4-6-10-21/h4-6,9-14,16,18,20H,7-8,15,17H2,1-3H3/t20-/m1/s1. The number of nitrogens with zero attached hydrogens (tertiary/aromatic N) is 5. The molecule has 1 aliphatic heterocycles. The van der Waals surface area contributed by atoms with Crippen molar-refractivity contribution in [1.29, 1.82) is 0 Å². The molecule has 180 valence electrons. The Bertz CT molecular complexity index is 1310. The summed E-state index contributed by atoms with van der Waals surface area (Å²) in [4.78, 5) is 23.2. The fourth-order valence-electron chi connectivity index (χ4n) is 4.30. The maximum absolute atomic E-state index is 12.7. The lowest BCUT2D eigenvalue weighted by Gasteiger charge is -2.34. The fourth-order valence-corrected chi connectivity index (χ4v) is 4.30. The first-order valence-corrected chi connectivity index (χ1v) is 11.9. The topological polar surface area (TPSA) is 82.4 Å². The summed E-state index contributed by atoms with van der Waals surface area (Å²) in [6.07, 6.45) is 4.82. The Kier molecular flexibility index (Phi) is 6.11. The van der Waals surface area contributed by atoms with Crippen LogP contribution in [-0.4, -0.2) is 49.4 Å². The van der Waals surface area contributed by atoms with Gasteiger partial charge in [0, 0.05) is 24.8 Å². The van der Waals surface area contributed by atoms with Crippen LogP contribution in [0.5, 0.6) is 11.5 Å². The van der Waals surface area contributed by atoms with Gasteiger partial charge in [-0.05, 0) is 70.0 Å². The summed E-state index contributed by atoms with van der Waals surface area (Å²) < 4.78 is 13.5. The van der Waals surface area contributed by atoms with Crippen LogP contribution in [0.2, 0.25) is 0 Å². The van der Waals surface area contributed by atoms with E-state index in [2.05, 4.69) is 9.97 Å². The second-order valence-corrected chi connectivity index (χ2v) is 9.72. The van der Waals surface area contributed by atoms with Gasteiger partial charge < -0.3 is 14.4 Å². The van der Waals surface area contributed by atoms with Gasteiger partial charge in [-0.2, -0.15) is 5.10 Å². The molecule has 4 aromatic rings. The molecule has 3 heterocycles. The van der Waals surface area contributed by atoms with Crippen molar-refractivity contribution < 1.29 is 14.3 Å². The van der Waals surface area contributed by atoms with Crippen LogP contribution in [0.1, 0.15) is 39.7 Å². The molecular formula is C27H29N5O3. The predicted molar refractivity (Wildman–Crippen MR) is 133 cm³/mol. The van der Waals surface area contributed by atoms with Crippen LogP contribution in [0.4, 0.5) is 4.79 Å². The monoisotopic (exact) mass is 471 g/mol. The van der Waals surface area contributed by atoms with Gasteiger partial charge in [-0.3, -0.25) is 0 Å². The number of aromatic nitrogens is 4. The maximum atomic E-state index is 12.7. The highest BCUT2D eigenvalue weighted by Crippen LogP contribution is 2.32. The number of carbonyl (C=O) groups is 1. The molecule has 1 amide bonds. The second-order valence-electron chi connectivity index (χ2n) is 9.72. The molecule has 0 radical (unpaired) electrons. The lowest BCUT2D eigenvalue weighted by Crippen LogP contribution is -2.43. The van der Waals surface area contributed by atoms with Crippen LogP contribution in [0, 0.1) is 0 Å². The van der Waals surface area contributed by atoms with E-state index in [1.54, 1.807) is 11.1 Å². The molecule has 0 bridgehead atoms. The Morgan fingerprint density at radius 3 is 2.51 bits per heavy atom. The van der Waals surface area contributed by atoms with E-state index in [0.717, 1.165) is 46.6 Å². The molecule has 8 heteroatoms. The van der Waals surface area contributed by atoms with E-state index in [0.29, 0.717) is 13.1 Å². The SMILES string of the molecule is CC(C)(C)OC(=O)N1CCC[C@@H](n2nc(-c3ccc(Oc4ccccc4)cc3)c3cncnc32)C1. The summed E-state index contributed by atoms with van der Waals surface area (Å²) >= 11 is 0. The lowest BCUT2D eigenvalue weighted by atomic mass is 10.1. The first-order chi connectivity index (χ1) is 16.9. The highest BCUT2D eigenvalue weighted by Gasteiger charge is 2.30. The van der Waals surface area contributed by atoms with Crippen molar-refractivity contribution in [3.05, 3.63) is 67.1 Å². The van der Waals surface area contributed by atoms with E-state index in [1.807, 2.05) is 80.1 Å². The van der Waals surface area contributed by atoms with Gasteiger partial charge >= 0.3 is 6.09 Å². The minimum absolute atomic E-state index is 0.00288. The quantitative estimate of drug-likeness (QED) is 0.371. The molecule has 1 fully saturated rings. The minimum Gasteiger partial charge on any atom is -0.457 e. The number of amides is 1. The number of fused-ring (bicyclic) bond motifs is 1. The van der Waals surface area contributed by atoms with Gasteiger partial charge in [-0.1, -0.05) is 18.2 Å². The van der Waals surface area contributed by atoms with Crippen molar-refractivity contribution in [3.8, 4) is 22.8 Å². The van der Waals surface area contributed by atoms with E-state index >= 15 is 0 Å². The smallest absolute Gasteiger partial charge is 0.410 e. The third-order valence-electron chi connectivity index (χ3n) is 5.87. The summed E-state index contributed by atoms with van der Waals surface area (Å²) in [7, 11) is 0. The number of para-hydroxylation sites is 1. The van der Waals surface area contributed by atoms with Gasteiger partial charge in [0.25, 0.3) is 0 Å². The Morgan fingerprint density at radius 2 is 1.77 bits per heavy atom. The zero-order chi connectivity index (χ0) is 24.4. The molecule has 1 saturated heterocycles. The number of carbonyl (C=O) groups excluding carboxylic acids is 1. The highest BCUT2D eigenvalue weighted by molar-refractivity contribution is 5.90. The normalized spacial score (nSPS) is 16.3. The van der Waals surface area contributed by atoms with Crippen molar-refractivity contribution in [2.45, 2.75) is 45.3 Å². The number of hydrogen-bond acceptors (Lipinski definition) is 6. The van der Waals surface area contributed by atoms with E-state index in [1.165, 1.54) is 6.33 Å². The summed E-state index contributed by atoms with van der Waals surface area (Å²) in [5.41, 5.74) is 1.99. The van der Waals surface area contributed by atoms with Crippen LogP contribution in [0.15, 0.2) is 67.1 Å². The molecule has 0 aliphatic carbocycles.